The molecule has 0 saturated carbocycles. The van der Waals surface area contributed by atoms with E-state index in [2.05, 4.69) is 5.16 Å². The zero-order valence-electron chi connectivity index (χ0n) is 14.6. The van der Waals surface area contributed by atoms with Crippen molar-refractivity contribution in [3.05, 3.63) is 59.8 Å². The van der Waals surface area contributed by atoms with E-state index in [-0.39, 0.29) is 12.2 Å². The summed E-state index contributed by atoms with van der Waals surface area (Å²) < 4.78 is 15.8. The second kappa shape index (κ2) is 7.82. The second-order valence-electron chi connectivity index (χ2n) is 5.76. The van der Waals surface area contributed by atoms with Crippen molar-refractivity contribution in [3.8, 4) is 5.75 Å². The minimum atomic E-state index is -0.890. The van der Waals surface area contributed by atoms with Gasteiger partial charge in [0, 0.05) is 10.9 Å². The minimum absolute atomic E-state index is 0.0576. The molecule has 1 aromatic heterocycles. The molecule has 0 bridgehead atoms. The van der Waals surface area contributed by atoms with Crippen LogP contribution in [0.15, 0.2) is 53.1 Å². The van der Waals surface area contributed by atoms with Crippen molar-refractivity contribution in [3.63, 3.8) is 0 Å². The van der Waals surface area contributed by atoms with Crippen LogP contribution in [0.4, 0.5) is 0 Å². The molecule has 0 amide bonds. The molecule has 0 saturated heterocycles. The molecule has 6 nitrogen and oxygen atoms in total. The summed E-state index contributed by atoms with van der Waals surface area (Å²) in [6.45, 7) is 3.99. The third-order valence-corrected chi connectivity index (χ3v) is 3.89. The normalized spacial score (nSPS) is 11.9. The molecular formula is C20H19NO5. The van der Waals surface area contributed by atoms with Crippen molar-refractivity contribution in [1.29, 1.82) is 0 Å². The van der Waals surface area contributed by atoms with Crippen LogP contribution in [0, 0.1) is 0 Å². The highest BCUT2D eigenvalue weighted by atomic mass is 16.5. The lowest BCUT2D eigenvalue weighted by molar-refractivity contribution is -0.145. The molecule has 1 heterocycles. The first-order chi connectivity index (χ1) is 12.6. The second-order valence-corrected chi connectivity index (χ2v) is 5.76. The number of nitrogens with zero attached hydrogens (tertiary/aromatic N) is 1. The Balaban J connectivity index is 1.62. The number of aromatic nitrogens is 1. The zero-order valence-corrected chi connectivity index (χ0v) is 14.6. The SMILES string of the molecule is CCOc1ccc(C(=O)[C@@H](C)OC(=O)Cc2noc3ccccc23)cc1. The molecule has 1 atom stereocenters. The van der Waals surface area contributed by atoms with Gasteiger partial charge in [0.15, 0.2) is 11.7 Å². The van der Waals surface area contributed by atoms with Crippen LogP contribution < -0.4 is 4.74 Å². The van der Waals surface area contributed by atoms with Crippen LogP contribution >= 0.6 is 0 Å². The van der Waals surface area contributed by atoms with Crippen LogP contribution in [-0.2, 0) is 16.0 Å². The minimum Gasteiger partial charge on any atom is -0.494 e. The fourth-order valence-corrected chi connectivity index (χ4v) is 2.61. The number of ketones is 1. The maximum absolute atomic E-state index is 12.4. The number of Topliss-reactive ketones (excluding diaryl/α,β-unsaturated/α-hetero) is 1. The van der Waals surface area contributed by atoms with E-state index in [0.717, 1.165) is 5.39 Å². The standard InChI is InChI=1S/C20H19NO5/c1-3-24-15-10-8-14(9-11-15)20(23)13(2)25-19(22)12-17-16-6-4-5-7-18(16)26-21-17/h4-11,13H,3,12H2,1-2H3/t13-/m1/s1. The van der Waals surface area contributed by atoms with Crippen LogP contribution in [0.25, 0.3) is 11.0 Å². The molecule has 0 radical (unpaired) electrons. The van der Waals surface area contributed by atoms with E-state index >= 15 is 0 Å². The topological polar surface area (TPSA) is 78.6 Å². The molecule has 0 fully saturated rings. The van der Waals surface area contributed by atoms with E-state index in [1.165, 1.54) is 0 Å². The van der Waals surface area contributed by atoms with E-state index in [1.54, 1.807) is 37.3 Å². The molecule has 0 N–H and O–H groups in total. The van der Waals surface area contributed by atoms with Crippen LogP contribution in [0.5, 0.6) is 5.75 Å². The summed E-state index contributed by atoms with van der Waals surface area (Å²) in [6.07, 6.45) is -0.948. The van der Waals surface area contributed by atoms with E-state index in [9.17, 15) is 9.59 Å². The van der Waals surface area contributed by atoms with Gasteiger partial charge in [-0.2, -0.15) is 0 Å². The van der Waals surface area contributed by atoms with Gasteiger partial charge in [-0.3, -0.25) is 9.59 Å². The monoisotopic (exact) mass is 353 g/mol. The van der Waals surface area contributed by atoms with Crippen molar-refractivity contribution < 1.29 is 23.6 Å². The highest BCUT2D eigenvalue weighted by Gasteiger charge is 2.21. The van der Waals surface area contributed by atoms with Crippen molar-refractivity contribution in [2.45, 2.75) is 26.4 Å². The molecule has 0 aliphatic carbocycles. The third kappa shape index (κ3) is 3.91. The van der Waals surface area contributed by atoms with Crippen LogP contribution in [0.1, 0.15) is 29.9 Å². The van der Waals surface area contributed by atoms with E-state index in [1.807, 2.05) is 25.1 Å². The number of hydrogen-bond acceptors (Lipinski definition) is 6. The van der Waals surface area contributed by atoms with Gasteiger partial charge in [0.25, 0.3) is 0 Å². The van der Waals surface area contributed by atoms with Gasteiger partial charge in [-0.05, 0) is 50.2 Å². The van der Waals surface area contributed by atoms with Crippen molar-refractivity contribution in [2.75, 3.05) is 6.61 Å². The summed E-state index contributed by atoms with van der Waals surface area (Å²) in [6, 6.07) is 14.0. The molecular weight excluding hydrogens is 334 g/mol. The Morgan fingerprint density at radius 1 is 1.12 bits per heavy atom. The summed E-state index contributed by atoms with van der Waals surface area (Å²) in [5, 5.41) is 4.66. The number of esters is 1. The van der Waals surface area contributed by atoms with Gasteiger partial charge in [0.05, 0.1) is 13.0 Å². The number of rotatable bonds is 7. The largest absolute Gasteiger partial charge is 0.494 e. The average Bonchev–Trinajstić information content (AvgIpc) is 3.05. The maximum Gasteiger partial charge on any atom is 0.312 e. The molecule has 3 aromatic rings. The van der Waals surface area contributed by atoms with E-state index in [4.69, 9.17) is 14.0 Å². The van der Waals surface area contributed by atoms with Gasteiger partial charge in [-0.15, -0.1) is 0 Å². The fourth-order valence-electron chi connectivity index (χ4n) is 2.61. The molecule has 2 aromatic carbocycles. The molecule has 6 heteroatoms. The lowest BCUT2D eigenvalue weighted by Crippen LogP contribution is -2.25. The maximum atomic E-state index is 12.4. The lowest BCUT2D eigenvalue weighted by Gasteiger charge is -2.12. The molecule has 0 aliphatic rings. The molecule has 0 unspecified atom stereocenters. The fraction of sp³-hybridized carbons (Fsp3) is 0.250. The van der Waals surface area contributed by atoms with Crippen molar-refractivity contribution in [1.82, 2.24) is 5.16 Å². The predicted molar refractivity (Wildman–Crippen MR) is 95.2 cm³/mol. The predicted octanol–water partition coefficient (Wildman–Crippen LogP) is 3.58. The highest BCUT2D eigenvalue weighted by Crippen LogP contribution is 2.19. The first kappa shape index (κ1) is 17.7. The number of ether oxygens (including phenoxy) is 2. The van der Waals surface area contributed by atoms with Gasteiger partial charge in [0.2, 0.25) is 5.78 Å². The van der Waals surface area contributed by atoms with Crippen LogP contribution in [0.3, 0.4) is 0 Å². The molecule has 0 aliphatic heterocycles. The molecule has 134 valence electrons. The van der Waals surface area contributed by atoms with Gasteiger partial charge in [-0.1, -0.05) is 17.3 Å². The average molecular weight is 353 g/mol. The van der Waals surface area contributed by atoms with Crippen molar-refractivity contribution >= 4 is 22.7 Å². The van der Waals surface area contributed by atoms with Crippen LogP contribution in [0.2, 0.25) is 0 Å². The first-order valence-corrected chi connectivity index (χ1v) is 8.38. The Morgan fingerprint density at radius 2 is 1.85 bits per heavy atom. The number of carbonyl (C=O) groups excluding carboxylic acids is 2. The van der Waals surface area contributed by atoms with Crippen molar-refractivity contribution in [2.24, 2.45) is 0 Å². The number of fused-ring (bicyclic) bond motifs is 1. The Morgan fingerprint density at radius 3 is 2.58 bits per heavy atom. The van der Waals surface area contributed by atoms with Gasteiger partial charge < -0.3 is 14.0 Å². The lowest BCUT2D eigenvalue weighted by atomic mass is 10.1. The Kier molecular flexibility index (Phi) is 5.31. The van der Waals surface area contributed by atoms with E-state index < -0.39 is 12.1 Å². The van der Waals surface area contributed by atoms with Gasteiger partial charge in [-0.25, -0.2) is 0 Å². The zero-order chi connectivity index (χ0) is 18.5. The Hall–Kier alpha value is -3.15. The first-order valence-electron chi connectivity index (χ1n) is 8.38. The summed E-state index contributed by atoms with van der Waals surface area (Å²) in [4.78, 5) is 24.6. The number of para-hydroxylation sites is 1. The summed E-state index contributed by atoms with van der Waals surface area (Å²) >= 11 is 0. The number of benzene rings is 2. The molecule has 3 rings (SSSR count). The summed E-state index contributed by atoms with van der Waals surface area (Å²) in [7, 11) is 0. The van der Waals surface area contributed by atoms with Gasteiger partial charge in [0.1, 0.15) is 11.4 Å². The van der Waals surface area contributed by atoms with Crippen LogP contribution in [-0.4, -0.2) is 29.6 Å². The van der Waals surface area contributed by atoms with Gasteiger partial charge >= 0.3 is 5.97 Å². The third-order valence-electron chi connectivity index (χ3n) is 3.89. The smallest absolute Gasteiger partial charge is 0.312 e. The highest BCUT2D eigenvalue weighted by molar-refractivity contribution is 6.00. The Labute approximate surface area is 150 Å². The number of carbonyl (C=O) groups is 2. The summed E-state index contributed by atoms with van der Waals surface area (Å²) in [5.74, 6) is -0.117. The molecule has 26 heavy (non-hydrogen) atoms. The van der Waals surface area contributed by atoms with E-state index in [0.29, 0.717) is 29.2 Å². The quantitative estimate of drug-likeness (QED) is 0.477. The summed E-state index contributed by atoms with van der Waals surface area (Å²) in [5.41, 5.74) is 1.56. The Bertz CT molecular complexity index is 913. The number of hydrogen-bond donors (Lipinski definition) is 0. The molecule has 0 spiro atoms.